The third-order valence-electron chi connectivity index (χ3n) is 5.00. The lowest BCUT2D eigenvalue weighted by Gasteiger charge is -2.38. The molecule has 0 saturated carbocycles. The van der Waals surface area contributed by atoms with E-state index in [0.717, 1.165) is 31.7 Å². The van der Waals surface area contributed by atoms with Crippen LogP contribution >= 0.6 is 0 Å². The van der Waals surface area contributed by atoms with E-state index in [1.807, 2.05) is 24.7 Å². The van der Waals surface area contributed by atoms with Crippen LogP contribution in [-0.4, -0.2) is 47.3 Å². The second-order valence-electron chi connectivity index (χ2n) is 6.91. The summed E-state index contributed by atoms with van der Waals surface area (Å²) in [5, 5.41) is 10.2. The van der Waals surface area contributed by atoms with Crippen LogP contribution in [-0.2, 0) is 16.6 Å². The molecule has 23 heavy (non-hydrogen) atoms. The highest BCUT2D eigenvalue weighted by atomic mass is 16.2. The van der Waals surface area contributed by atoms with Crippen molar-refractivity contribution in [1.82, 2.24) is 20.4 Å². The minimum absolute atomic E-state index is 0.0373. The molecule has 2 unspecified atom stereocenters. The number of aromatic nitrogens is 2. The number of hydrogen-bond acceptors (Lipinski definition) is 4. The number of nitrogens with zero attached hydrogens (tertiary/aromatic N) is 3. The average molecular weight is 319 g/mol. The van der Waals surface area contributed by atoms with Crippen LogP contribution in [0.1, 0.15) is 32.6 Å². The number of aryl methyl sites for hydroxylation is 1. The molecular weight excluding hydrogens is 294 g/mol. The molecule has 1 aromatic rings. The second-order valence-corrected chi connectivity index (χ2v) is 6.91. The van der Waals surface area contributed by atoms with Gasteiger partial charge in [0.15, 0.2) is 0 Å². The summed E-state index contributed by atoms with van der Waals surface area (Å²) < 4.78 is 1.86. The fourth-order valence-electron chi connectivity index (χ4n) is 3.39. The maximum Gasteiger partial charge on any atom is 0.228 e. The van der Waals surface area contributed by atoms with Crippen LogP contribution in [0.4, 0.5) is 5.82 Å². The fraction of sp³-hybridized carbons (Fsp3) is 0.688. The zero-order chi connectivity index (χ0) is 16.4. The molecule has 7 heteroatoms. The maximum atomic E-state index is 12.7. The molecule has 0 radical (unpaired) electrons. The van der Waals surface area contributed by atoms with E-state index in [2.05, 4.69) is 20.6 Å². The minimum Gasteiger partial charge on any atom is -0.355 e. The lowest BCUT2D eigenvalue weighted by molar-refractivity contribution is -0.135. The molecular formula is C16H25N5O2. The summed E-state index contributed by atoms with van der Waals surface area (Å²) in [5.41, 5.74) is -0.497. The Bertz CT molecular complexity index is 587. The van der Waals surface area contributed by atoms with Crippen LogP contribution in [0.25, 0.3) is 0 Å². The molecule has 126 valence electrons. The number of anilines is 1. The number of nitrogens with one attached hydrogen (secondary N) is 2. The molecule has 2 fully saturated rings. The molecule has 0 spiro atoms. The average Bonchev–Trinajstić information content (AvgIpc) is 2.97. The Balaban J connectivity index is 1.60. The molecule has 2 aliphatic heterocycles. The van der Waals surface area contributed by atoms with Crippen molar-refractivity contribution in [2.75, 3.05) is 24.5 Å². The van der Waals surface area contributed by atoms with Crippen LogP contribution in [0.2, 0.25) is 0 Å². The summed E-state index contributed by atoms with van der Waals surface area (Å²) in [4.78, 5) is 26.2. The third kappa shape index (κ3) is 3.33. The first-order chi connectivity index (χ1) is 11.0. The number of carbonyl (C=O) groups excluding carboxylic acids is 2. The molecule has 2 atom stereocenters. The van der Waals surface area contributed by atoms with E-state index in [9.17, 15) is 9.59 Å². The van der Waals surface area contributed by atoms with Crippen LogP contribution in [0, 0.1) is 5.41 Å². The molecule has 3 heterocycles. The SMILES string of the molecule is Cn1nccc1N1CCCC(NC(=O)C2(C)CCC(=O)NC2)C1. The van der Waals surface area contributed by atoms with Crippen LogP contribution in [0.15, 0.2) is 12.3 Å². The highest BCUT2D eigenvalue weighted by Crippen LogP contribution is 2.27. The summed E-state index contributed by atoms with van der Waals surface area (Å²) in [6.45, 7) is 4.15. The fourth-order valence-corrected chi connectivity index (χ4v) is 3.39. The van der Waals surface area contributed by atoms with Crippen LogP contribution in [0.3, 0.4) is 0 Å². The third-order valence-corrected chi connectivity index (χ3v) is 5.00. The number of carbonyl (C=O) groups is 2. The first-order valence-electron chi connectivity index (χ1n) is 8.28. The predicted octanol–water partition coefficient (Wildman–Crippen LogP) is 0.421. The second kappa shape index (κ2) is 6.22. The Morgan fingerprint density at radius 1 is 1.52 bits per heavy atom. The molecule has 2 aliphatic rings. The van der Waals surface area contributed by atoms with Crippen molar-refractivity contribution in [3.63, 3.8) is 0 Å². The van der Waals surface area contributed by atoms with Crippen LogP contribution < -0.4 is 15.5 Å². The monoisotopic (exact) mass is 319 g/mol. The Hall–Kier alpha value is -2.05. The van der Waals surface area contributed by atoms with E-state index in [0.29, 0.717) is 19.4 Å². The summed E-state index contributed by atoms with van der Waals surface area (Å²) in [7, 11) is 1.93. The van der Waals surface area contributed by atoms with E-state index in [1.54, 1.807) is 6.20 Å². The summed E-state index contributed by atoms with van der Waals surface area (Å²) in [6, 6.07) is 2.14. The topological polar surface area (TPSA) is 79.3 Å². The van der Waals surface area contributed by atoms with Gasteiger partial charge in [0.2, 0.25) is 11.8 Å². The van der Waals surface area contributed by atoms with Gasteiger partial charge in [-0.05, 0) is 26.2 Å². The van der Waals surface area contributed by atoms with E-state index >= 15 is 0 Å². The minimum atomic E-state index is -0.497. The largest absolute Gasteiger partial charge is 0.355 e. The standard InChI is InChI=1S/C16H25N5O2/c1-16(7-5-13(22)17-11-16)15(23)19-12-4-3-9-21(10-12)14-6-8-18-20(14)2/h6,8,12H,3-5,7,9-11H2,1-2H3,(H,17,22)(H,19,23). The Kier molecular flexibility index (Phi) is 4.28. The van der Waals surface area contributed by atoms with Gasteiger partial charge in [-0.15, -0.1) is 0 Å². The van der Waals surface area contributed by atoms with Gasteiger partial charge in [0, 0.05) is 45.2 Å². The van der Waals surface area contributed by atoms with Gasteiger partial charge in [0.1, 0.15) is 5.82 Å². The summed E-state index contributed by atoms with van der Waals surface area (Å²) in [6.07, 6.45) is 4.87. The number of piperidine rings is 2. The van der Waals surface area contributed by atoms with Crippen molar-refractivity contribution in [3.05, 3.63) is 12.3 Å². The number of rotatable bonds is 3. The molecule has 0 aromatic carbocycles. The van der Waals surface area contributed by atoms with Gasteiger partial charge in [-0.2, -0.15) is 5.10 Å². The zero-order valence-electron chi connectivity index (χ0n) is 13.8. The lowest BCUT2D eigenvalue weighted by atomic mass is 9.81. The summed E-state index contributed by atoms with van der Waals surface area (Å²) in [5.74, 6) is 1.17. The van der Waals surface area contributed by atoms with Gasteiger partial charge in [0.05, 0.1) is 11.6 Å². The number of amides is 2. The quantitative estimate of drug-likeness (QED) is 0.846. The van der Waals surface area contributed by atoms with Gasteiger partial charge in [-0.1, -0.05) is 0 Å². The Morgan fingerprint density at radius 2 is 2.35 bits per heavy atom. The molecule has 2 amide bonds. The molecule has 0 bridgehead atoms. The van der Waals surface area contributed by atoms with Crippen molar-refractivity contribution >= 4 is 17.6 Å². The highest BCUT2D eigenvalue weighted by Gasteiger charge is 2.38. The van der Waals surface area contributed by atoms with E-state index in [1.165, 1.54) is 0 Å². The van der Waals surface area contributed by atoms with Crippen molar-refractivity contribution < 1.29 is 9.59 Å². The van der Waals surface area contributed by atoms with Gasteiger partial charge < -0.3 is 15.5 Å². The van der Waals surface area contributed by atoms with E-state index in [4.69, 9.17) is 0 Å². The van der Waals surface area contributed by atoms with Crippen molar-refractivity contribution in [3.8, 4) is 0 Å². The smallest absolute Gasteiger partial charge is 0.228 e. The van der Waals surface area contributed by atoms with E-state index < -0.39 is 5.41 Å². The normalized spacial score (nSPS) is 28.3. The molecule has 2 N–H and O–H groups in total. The molecule has 3 rings (SSSR count). The highest BCUT2D eigenvalue weighted by molar-refractivity contribution is 5.86. The van der Waals surface area contributed by atoms with Gasteiger partial charge >= 0.3 is 0 Å². The van der Waals surface area contributed by atoms with E-state index in [-0.39, 0.29) is 17.9 Å². The van der Waals surface area contributed by atoms with Gasteiger partial charge in [-0.25, -0.2) is 0 Å². The molecule has 7 nitrogen and oxygen atoms in total. The van der Waals surface area contributed by atoms with Crippen LogP contribution in [0.5, 0.6) is 0 Å². The number of hydrogen-bond donors (Lipinski definition) is 2. The molecule has 2 saturated heterocycles. The van der Waals surface area contributed by atoms with Crippen molar-refractivity contribution in [2.45, 2.75) is 38.6 Å². The molecule has 0 aliphatic carbocycles. The van der Waals surface area contributed by atoms with Gasteiger partial charge in [-0.3, -0.25) is 14.3 Å². The molecule has 1 aromatic heterocycles. The Labute approximate surface area is 136 Å². The first-order valence-corrected chi connectivity index (χ1v) is 8.28. The van der Waals surface area contributed by atoms with Crippen molar-refractivity contribution in [2.24, 2.45) is 12.5 Å². The van der Waals surface area contributed by atoms with Crippen molar-refractivity contribution in [1.29, 1.82) is 0 Å². The maximum absolute atomic E-state index is 12.7. The Morgan fingerprint density at radius 3 is 3.00 bits per heavy atom. The first kappa shape index (κ1) is 15.8. The van der Waals surface area contributed by atoms with Gasteiger partial charge in [0.25, 0.3) is 0 Å². The zero-order valence-corrected chi connectivity index (χ0v) is 13.8. The lowest BCUT2D eigenvalue weighted by Crippen LogP contribution is -2.55. The summed E-state index contributed by atoms with van der Waals surface area (Å²) >= 11 is 0. The predicted molar refractivity (Wildman–Crippen MR) is 86.9 cm³/mol.